The van der Waals surface area contributed by atoms with Gasteiger partial charge in [0.15, 0.2) is 0 Å². The lowest BCUT2D eigenvalue weighted by atomic mass is 9.85. The fourth-order valence-corrected chi connectivity index (χ4v) is 3.46. The van der Waals surface area contributed by atoms with Crippen molar-refractivity contribution in [2.24, 2.45) is 5.92 Å². The average Bonchev–Trinajstić information content (AvgIpc) is 2.42. The largest absolute Gasteiger partial charge is 0.398 e. The summed E-state index contributed by atoms with van der Waals surface area (Å²) in [4.78, 5) is 13.8. The second-order valence-corrected chi connectivity index (χ2v) is 6.28. The van der Waals surface area contributed by atoms with E-state index in [-0.39, 0.29) is 5.91 Å². The van der Waals surface area contributed by atoms with E-state index in [9.17, 15) is 4.79 Å². The number of amides is 1. The summed E-state index contributed by atoms with van der Waals surface area (Å²) in [5, 5.41) is 3.79. The molecule has 0 aliphatic carbocycles. The Labute approximate surface area is 124 Å². The van der Waals surface area contributed by atoms with Crippen molar-refractivity contribution in [1.82, 2.24) is 10.2 Å². The van der Waals surface area contributed by atoms with Crippen molar-refractivity contribution in [3.8, 4) is 0 Å². The van der Waals surface area contributed by atoms with Gasteiger partial charge in [0.1, 0.15) is 0 Å². The summed E-state index contributed by atoms with van der Waals surface area (Å²) >= 11 is 5.93. The molecule has 1 amide bonds. The van der Waals surface area contributed by atoms with Crippen LogP contribution in [0.1, 0.15) is 24.8 Å². The first-order valence-corrected chi connectivity index (χ1v) is 7.55. The van der Waals surface area contributed by atoms with E-state index in [0.29, 0.717) is 23.4 Å². The molecule has 2 heterocycles. The maximum absolute atomic E-state index is 11.4. The summed E-state index contributed by atoms with van der Waals surface area (Å²) in [6.07, 6.45) is 2.70. The van der Waals surface area contributed by atoms with Crippen LogP contribution in [0.3, 0.4) is 0 Å². The summed E-state index contributed by atoms with van der Waals surface area (Å²) in [6.45, 7) is 2.90. The smallest absolute Gasteiger partial charge is 0.220 e. The topological polar surface area (TPSA) is 58.4 Å². The van der Waals surface area contributed by atoms with Crippen LogP contribution >= 0.6 is 11.6 Å². The third-order valence-electron chi connectivity index (χ3n) is 4.41. The highest BCUT2D eigenvalue weighted by Gasteiger charge is 2.33. The van der Waals surface area contributed by atoms with Crippen molar-refractivity contribution >= 4 is 23.2 Å². The summed E-state index contributed by atoms with van der Waals surface area (Å²) in [5.41, 5.74) is 7.91. The molecule has 1 aromatic carbocycles. The van der Waals surface area contributed by atoms with Crippen LogP contribution in [0.4, 0.5) is 5.69 Å². The van der Waals surface area contributed by atoms with Gasteiger partial charge in [-0.1, -0.05) is 17.7 Å². The lowest BCUT2D eigenvalue weighted by Gasteiger charge is -2.41. The number of nitrogen functional groups attached to an aromatic ring is 1. The molecule has 3 rings (SSSR count). The number of carbonyl (C=O) groups excluding carboxylic acids is 1. The SMILES string of the molecule is Nc1cc(Cl)ccc1CN1CCC2NC(=O)CCC2C1. The van der Waals surface area contributed by atoms with Gasteiger partial charge < -0.3 is 11.1 Å². The number of hydrogen-bond donors (Lipinski definition) is 2. The average molecular weight is 294 g/mol. The molecule has 108 valence electrons. The summed E-state index contributed by atoms with van der Waals surface area (Å²) in [6, 6.07) is 6.08. The molecule has 2 atom stereocenters. The summed E-state index contributed by atoms with van der Waals surface area (Å²) in [5.74, 6) is 0.789. The molecule has 1 aromatic rings. The van der Waals surface area contributed by atoms with Crippen molar-refractivity contribution < 1.29 is 4.79 Å². The van der Waals surface area contributed by atoms with Crippen LogP contribution in [0, 0.1) is 5.92 Å². The van der Waals surface area contributed by atoms with Crippen molar-refractivity contribution in [3.63, 3.8) is 0 Å². The number of rotatable bonds is 2. The Hall–Kier alpha value is -1.26. The van der Waals surface area contributed by atoms with Crippen LogP contribution in [0.25, 0.3) is 0 Å². The minimum Gasteiger partial charge on any atom is -0.398 e. The molecule has 0 radical (unpaired) electrons. The highest BCUT2D eigenvalue weighted by atomic mass is 35.5. The van der Waals surface area contributed by atoms with E-state index in [1.165, 1.54) is 0 Å². The Morgan fingerprint density at radius 1 is 1.40 bits per heavy atom. The van der Waals surface area contributed by atoms with Crippen molar-refractivity contribution in [1.29, 1.82) is 0 Å². The second kappa shape index (κ2) is 5.62. The van der Waals surface area contributed by atoms with Crippen molar-refractivity contribution in [3.05, 3.63) is 28.8 Å². The molecule has 0 spiro atoms. The highest BCUT2D eigenvalue weighted by Crippen LogP contribution is 2.27. The number of nitrogens with zero attached hydrogens (tertiary/aromatic N) is 1. The van der Waals surface area contributed by atoms with Gasteiger partial charge in [-0.15, -0.1) is 0 Å². The van der Waals surface area contributed by atoms with Gasteiger partial charge in [0, 0.05) is 42.8 Å². The molecule has 2 aliphatic heterocycles. The number of halogens is 1. The van der Waals surface area contributed by atoms with Gasteiger partial charge in [-0.05, 0) is 36.5 Å². The number of fused-ring (bicyclic) bond motifs is 1. The third kappa shape index (κ3) is 2.91. The van der Waals surface area contributed by atoms with Crippen LogP contribution in [0.5, 0.6) is 0 Å². The molecule has 0 saturated carbocycles. The second-order valence-electron chi connectivity index (χ2n) is 5.84. The van der Waals surface area contributed by atoms with E-state index < -0.39 is 0 Å². The lowest BCUT2D eigenvalue weighted by Crippen LogP contribution is -2.53. The van der Waals surface area contributed by atoms with Gasteiger partial charge in [0.05, 0.1) is 0 Å². The standard InChI is InChI=1S/C15H20ClN3O/c16-12-3-1-10(13(17)7-12)8-19-6-5-14-11(9-19)2-4-15(20)18-14/h1,3,7,11,14H,2,4-6,8-9,17H2,(H,18,20). The van der Waals surface area contributed by atoms with E-state index in [4.69, 9.17) is 17.3 Å². The molecule has 2 saturated heterocycles. The van der Waals surface area contributed by atoms with Crippen LogP contribution in [0.2, 0.25) is 5.02 Å². The van der Waals surface area contributed by atoms with Gasteiger partial charge in [0.2, 0.25) is 5.91 Å². The van der Waals surface area contributed by atoms with Gasteiger partial charge in [-0.2, -0.15) is 0 Å². The zero-order chi connectivity index (χ0) is 14.1. The highest BCUT2D eigenvalue weighted by molar-refractivity contribution is 6.30. The minimum absolute atomic E-state index is 0.210. The lowest BCUT2D eigenvalue weighted by molar-refractivity contribution is -0.125. The first-order chi connectivity index (χ1) is 9.61. The third-order valence-corrected chi connectivity index (χ3v) is 4.64. The molecule has 0 aromatic heterocycles. The Morgan fingerprint density at radius 3 is 3.05 bits per heavy atom. The van der Waals surface area contributed by atoms with Crippen LogP contribution in [-0.2, 0) is 11.3 Å². The Bertz CT molecular complexity index is 520. The van der Waals surface area contributed by atoms with Crippen LogP contribution in [-0.4, -0.2) is 29.9 Å². The van der Waals surface area contributed by atoms with Gasteiger partial charge in [0.25, 0.3) is 0 Å². The van der Waals surface area contributed by atoms with Gasteiger partial charge >= 0.3 is 0 Å². The molecule has 2 fully saturated rings. The van der Waals surface area contributed by atoms with Gasteiger partial charge in [-0.3, -0.25) is 9.69 Å². The molecule has 20 heavy (non-hydrogen) atoms. The molecular weight excluding hydrogens is 274 g/mol. The van der Waals surface area contributed by atoms with E-state index >= 15 is 0 Å². The van der Waals surface area contributed by atoms with Crippen molar-refractivity contribution in [2.75, 3.05) is 18.8 Å². The number of piperidine rings is 2. The molecular formula is C15H20ClN3O. The molecule has 5 heteroatoms. The molecule has 2 unspecified atom stereocenters. The van der Waals surface area contributed by atoms with E-state index in [1.54, 1.807) is 0 Å². The molecule has 4 nitrogen and oxygen atoms in total. The number of likely N-dealkylation sites (tertiary alicyclic amines) is 1. The summed E-state index contributed by atoms with van der Waals surface area (Å²) in [7, 11) is 0. The monoisotopic (exact) mass is 293 g/mol. The molecule has 3 N–H and O–H groups in total. The Morgan fingerprint density at radius 2 is 2.25 bits per heavy atom. The predicted octanol–water partition coefficient (Wildman–Crippen LogP) is 2.02. The van der Waals surface area contributed by atoms with Gasteiger partial charge in [-0.25, -0.2) is 0 Å². The number of nitrogens with one attached hydrogen (secondary N) is 1. The number of carbonyl (C=O) groups is 1. The van der Waals surface area contributed by atoms with Crippen LogP contribution in [0.15, 0.2) is 18.2 Å². The first-order valence-electron chi connectivity index (χ1n) is 7.17. The maximum atomic E-state index is 11.4. The quantitative estimate of drug-likeness (QED) is 0.820. The zero-order valence-electron chi connectivity index (χ0n) is 11.4. The predicted molar refractivity (Wildman–Crippen MR) is 80.4 cm³/mol. The number of benzene rings is 1. The molecule has 0 bridgehead atoms. The normalized spacial score (nSPS) is 26.9. The maximum Gasteiger partial charge on any atom is 0.220 e. The fraction of sp³-hybridized carbons (Fsp3) is 0.533. The number of hydrogen-bond acceptors (Lipinski definition) is 3. The Kier molecular flexibility index (Phi) is 3.85. The Balaban J connectivity index is 1.63. The fourth-order valence-electron chi connectivity index (χ4n) is 3.28. The van der Waals surface area contributed by atoms with E-state index in [0.717, 1.165) is 43.7 Å². The van der Waals surface area contributed by atoms with E-state index in [2.05, 4.69) is 10.2 Å². The van der Waals surface area contributed by atoms with Crippen molar-refractivity contribution in [2.45, 2.75) is 31.8 Å². The zero-order valence-corrected chi connectivity index (χ0v) is 12.2. The first kappa shape index (κ1) is 13.7. The number of anilines is 1. The summed E-state index contributed by atoms with van der Waals surface area (Å²) < 4.78 is 0. The van der Waals surface area contributed by atoms with Crippen LogP contribution < -0.4 is 11.1 Å². The number of nitrogens with two attached hydrogens (primary N) is 1. The molecule has 2 aliphatic rings. The van der Waals surface area contributed by atoms with E-state index in [1.807, 2.05) is 18.2 Å². The minimum atomic E-state index is 0.210.